The Labute approximate surface area is 141 Å². The van der Waals surface area contributed by atoms with Crippen molar-refractivity contribution in [1.82, 2.24) is 10.6 Å². The smallest absolute Gasteiger partial charge is 0.312 e. The molecule has 1 fully saturated rings. The Kier molecular flexibility index (Phi) is 5.93. The molecular weight excluding hydrogens is 310 g/mol. The molecule has 1 aromatic carbocycles. The molecule has 2 rings (SSSR count). The molecule has 1 saturated carbocycles. The van der Waals surface area contributed by atoms with Crippen LogP contribution >= 0.6 is 11.8 Å². The second kappa shape index (κ2) is 7.73. The van der Waals surface area contributed by atoms with E-state index in [1.54, 1.807) is 11.8 Å². The largest absolute Gasteiger partial charge is 0.353 e. The summed E-state index contributed by atoms with van der Waals surface area (Å²) in [6.07, 6.45) is 4.71. The van der Waals surface area contributed by atoms with Crippen molar-refractivity contribution in [2.75, 3.05) is 18.6 Å². The third-order valence-electron chi connectivity index (χ3n) is 4.41. The van der Waals surface area contributed by atoms with E-state index in [-0.39, 0.29) is 11.3 Å². The fourth-order valence-electron chi connectivity index (χ4n) is 2.92. The number of carbonyl (C=O) groups is 2. The van der Waals surface area contributed by atoms with E-state index in [0.29, 0.717) is 13.0 Å². The number of nitrogens with two attached hydrogens (primary N) is 1. The number of urea groups is 1. The van der Waals surface area contributed by atoms with Gasteiger partial charge in [0.1, 0.15) is 6.04 Å². The zero-order valence-corrected chi connectivity index (χ0v) is 14.5. The molecule has 0 aromatic heterocycles. The molecule has 0 spiro atoms. The van der Waals surface area contributed by atoms with Gasteiger partial charge in [-0.15, -0.1) is 0 Å². The van der Waals surface area contributed by atoms with Gasteiger partial charge in [-0.25, -0.2) is 4.79 Å². The molecule has 0 aliphatic heterocycles. The van der Waals surface area contributed by atoms with Gasteiger partial charge < -0.3 is 16.4 Å². The third kappa shape index (κ3) is 4.64. The minimum Gasteiger partial charge on any atom is -0.353 e. The Morgan fingerprint density at radius 3 is 2.61 bits per heavy atom. The molecular formula is C17H25N3O2S. The van der Waals surface area contributed by atoms with Crippen LogP contribution in [0.1, 0.15) is 30.4 Å². The predicted molar refractivity (Wildman–Crippen MR) is 94.6 cm³/mol. The molecule has 3 amide bonds. The molecule has 1 aliphatic carbocycles. The van der Waals surface area contributed by atoms with Crippen LogP contribution in [0.4, 0.5) is 4.79 Å². The van der Waals surface area contributed by atoms with Gasteiger partial charge in [0.15, 0.2) is 0 Å². The summed E-state index contributed by atoms with van der Waals surface area (Å²) in [4.78, 5) is 23.5. The number of nitrogens with one attached hydrogen (secondary N) is 2. The number of aryl methyl sites for hydroxylation is 1. The number of primary amides is 1. The van der Waals surface area contributed by atoms with Gasteiger partial charge in [-0.2, -0.15) is 11.8 Å². The maximum Gasteiger partial charge on any atom is 0.312 e. The van der Waals surface area contributed by atoms with Crippen LogP contribution in [0, 0.1) is 6.92 Å². The van der Waals surface area contributed by atoms with Crippen molar-refractivity contribution in [2.24, 2.45) is 5.73 Å². The molecule has 0 saturated heterocycles. The second-order valence-corrected chi connectivity index (χ2v) is 7.14. The lowest BCUT2D eigenvalue weighted by Crippen LogP contribution is -2.50. The van der Waals surface area contributed by atoms with Crippen molar-refractivity contribution in [3.05, 3.63) is 35.4 Å². The quantitative estimate of drug-likeness (QED) is 0.679. The molecule has 6 heteroatoms. The first-order chi connectivity index (χ1) is 11.0. The van der Waals surface area contributed by atoms with Gasteiger partial charge in [0.2, 0.25) is 5.91 Å². The van der Waals surface area contributed by atoms with E-state index >= 15 is 0 Å². The van der Waals surface area contributed by atoms with Crippen molar-refractivity contribution in [1.29, 1.82) is 0 Å². The Balaban J connectivity index is 1.97. The lowest BCUT2D eigenvalue weighted by Gasteiger charge is -2.22. The summed E-state index contributed by atoms with van der Waals surface area (Å²) >= 11 is 1.64. The van der Waals surface area contributed by atoms with Crippen LogP contribution in [0.3, 0.4) is 0 Å². The highest BCUT2D eigenvalue weighted by Gasteiger charge is 2.45. The Bertz CT molecular complexity index is 573. The van der Waals surface area contributed by atoms with E-state index in [1.807, 2.05) is 18.4 Å². The second-order valence-electron chi connectivity index (χ2n) is 6.16. The summed E-state index contributed by atoms with van der Waals surface area (Å²) in [6, 6.07) is 7.09. The van der Waals surface area contributed by atoms with E-state index < -0.39 is 12.1 Å². The van der Waals surface area contributed by atoms with Crippen LogP contribution in [-0.4, -0.2) is 36.5 Å². The van der Waals surface area contributed by atoms with Crippen molar-refractivity contribution in [3.8, 4) is 0 Å². The van der Waals surface area contributed by atoms with E-state index in [2.05, 4.69) is 29.7 Å². The predicted octanol–water partition coefficient (Wildman–Crippen LogP) is 1.93. The highest BCUT2D eigenvalue weighted by molar-refractivity contribution is 7.98. The van der Waals surface area contributed by atoms with Crippen LogP contribution in [-0.2, 0) is 10.2 Å². The number of rotatable bonds is 8. The number of carbonyl (C=O) groups excluding carboxylic acids is 2. The fraction of sp³-hybridized carbons (Fsp3) is 0.529. The van der Waals surface area contributed by atoms with Gasteiger partial charge in [-0.1, -0.05) is 24.3 Å². The average molecular weight is 335 g/mol. The number of amides is 3. The van der Waals surface area contributed by atoms with Crippen LogP contribution in [0.2, 0.25) is 0 Å². The van der Waals surface area contributed by atoms with Crippen molar-refractivity contribution in [3.63, 3.8) is 0 Å². The minimum atomic E-state index is -0.661. The molecule has 4 N–H and O–H groups in total. The number of benzene rings is 1. The van der Waals surface area contributed by atoms with Crippen molar-refractivity contribution >= 4 is 23.7 Å². The standard InChI is InChI=1S/C17H25N3O2S/c1-12-5-3-4-6-13(12)17(8-9-17)11-19-15(21)14(7-10-23-2)20-16(18)22/h3-6,14H,7-11H2,1-2H3,(H,19,21)(H3,18,20,22)/t14-/m0/s1. The molecule has 23 heavy (non-hydrogen) atoms. The summed E-state index contributed by atoms with van der Waals surface area (Å²) in [5, 5.41) is 5.54. The lowest BCUT2D eigenvalue weighted by molar-refractivity contribution is -0.123. The molecule has 0 bridgehead atoms. The van der Waals surface area contributed by atoms with Gasteiger partial charge in [0.05, 0.1) is 0 Å². The molecule has 1 atom stereocenters. The van der Waals surface area contributed by atoms with Crippen LogP contribution in [0.5, 0.6) is 0 Å². The van der Waals surface area contributed by atoms with Crippen molar-refractivity contribution in [2.45, 2.75) is 37.6 Å². The summed E-state index contributed by atoms with van der Waals surface area (Å²) in [5.74, 6) is 0.638. The molecule has 1 aliphatic rings. The first kappa shape index (κ1) is 17.7. The molecule has 0 unspecified atom stereocenters. The first-order valence-electron chi connectivity index (χ1n) is 7.87. The van der Waals surface area contributed by atoms with Gasteiger partial charge in [0.25, 0.3) is 0 Å². The van der Waals surface area contributed by atoms with E-state index in [4.69, 9.17) is 5.73 Å². The maximum absolute atomic E-state index is 12.4. The number of hydrogen-bond donors (Lipinski definition) is 3. The van der Waals surface area contributed by atoms with Gasteiger partial charge in [0, 0.05) is 12.0 Å². The van der Waals surface area contributed by atoms with E-state index in [1.165, 1.54) is 11.1 Å². The molecule has 0 radical (unpaired) electrons. The van der Waals surface area contributed by atoms with Gasteiger partial charge in [-0.05, 0) is 49.3 Å². The first-order valence-corrected chi connectivity index (χ1v) is 9.26. The highest BCUT2D eigenvalue weighted by atomic mass is 32.2. The Morgan fingerprint density at radius 1 is 1.35 bits per heavy atom. The topological polar surface area (TPSA) is 84.2 Å². The molecule has 126 valence electrons. The van der Waals surface area contributed by atoms with Crippen LogP contribution in [0.15, 0.2) is 24.3 Å². The molecule has 0 heterocycles. The third-order valence-corrected chi connectivity index (χ3v) is 5.06. The SMILES string of the molecule is CSCC[C@H](NC(N)=O)C(=O)NCC1(c2ccccc2C)CC1. The summed E-state index contributed by atoms with van der Waals surface area (Å²) < 4.78 is 0. The van der Waals surface area contributed by atoms with Gasteiger partial charge >= 0.3 is 6.03 Å². The summed E-state index contributed by atoms with van der Waals surface area (Å²) in [6.45, 7) is 2.71. The fourth-order valence-corrected chi connectivity index (χ4v) is 3.39. The lowest BCUT2D eigenvalue weighted by atomic mass is 9.92. The molecule has 1 aromatic rings. The average Bonchev–Trinajstić information content (AvgIpc) is 3.30. The maximum atomic E-state index is 12.4. The van der Waals surface area contributed by atoms with E-state index in [9.17, 15) is 9.59 Å². The summed E-state index contributed by atoms with van der Waals surface area (Å²) in [5.41, 5.74) is 7.79. The number of hydrogen-bond acceptors (Lipinski definition) is 3. The minimum absolute atomic E-state index is 0.0534. The number of thioether (sulfide) groups is 1. The zero-order valence-electron chi connectivity index (χ0n) is 13.7. The van der Waals surface area contributed by atoms with Crippen LogP contribution < -0.4 is 16.4 Å². The monoisotopic (exact) mass is 335 g/mol. The normalized spacial score (nSPS) is 16.4. The zero-order chi connectivity index (χ0) is 16.9. The Morgan fingerprint density at radius 2 is 2.04 bits per heavy atom. The van der Waals surface area contributed by atoms with Gasteiger partial charge in [-0.3, -0.25) is 4.79 Å². The summed E-state index contributed by atoms with van der Waals surface area (Å²) in [7, 11) is 0. The van der Waals surface area contributed by atoms with Crippen LogP contribution in [0.25, 0.3) is 0 Å². The highest BCUT2D eigenvalue weighted by Crippen LogP contribution is 2.48. The van der Waals surface area contributed by atoms with Crippen molar-refractivity contribution < 1.29 is 9.59 Å². The van der Waals surface area contributed by atoms with E-state index in [0.717, 1.165) is 18.6 Å². The molecule has 5 nitrogen and oxygen atoms in total. The Hall–Kier alpha value is -1.69.